The first-order valence-electron chi connectivity index (χ1n) is 5.47. The molecule has 0 saturated heterocycles. The van der Waals surface area contributed by atoms with Crippen molar-refractivity contribution in [3.05, 3.63) is 64.7 Å². The molecule has 92 valence electrons. The summed E-state index contributed by atoms with van der Waals surface area (Å²) in [4.78, 5) is 12.0. The Morgan fingerprint density at radius 3 is 2.44 bits per heavy atom. The zero-order chi connectivity index (χ0) is 13.0. The van der Waals surface area contributed by atoms with Gasteiger partial charge in [-0.2, -0.15) is 0 Å². The fraction of sp³-hybridized carbons (Fsp3) is 0.0714. The summed E-state index contributed by atoms with van der Waals surface area (Å²) in [6.45, 7) is 0.497. The van der Waals surface area contributed by atoms with E-state index in [0.29, 0.717) is 17.1 Å². The number of rotatable bonds is 3. The minimum absolute atomic E-state index is 0.0684. The Morgan fingerprint density at radius 1 is 1.11 bits per heavy atom. The number of nitrogens with one attached hydrogen (secondary N) is 1. The fourth-order valence-electron chi connectivity index (χ4n) is 1.55. The summed E-state index contributed by atoms with van der Waals surface area (Å²) < 4.78 is 0.915. The zero-order valence-electron chi connectivity index (χ0n) is 9.56. The third-order valence-corrected chi connectivity index (χ3v) is 3.59. The molecule has 0 aliphatic carbocycles. The van der Waals surface area contributed by atoms with Crippen molar-refractivity contribution in [2.24, 2.45) is 0 Å². The van der Waals surface area contributed by atoms with Crippen LogP contribution < -0.4 is 9.78 Å². The first-order valence-corrected chi connectivity index (χ1v) is 6.79. The molecule has 0 saturated carbocycles. The summed E-state index contributed by atoms with van der Waals surface area (Å²) in [6, 6.07) is 14.9. The van der Waals surface area contributed by atoms with Crippen LogP contribution in [-0.2, 0) is 6.54 Å². The van der Waals surface area contributed by atoms with Crippen LogP contribution in [0.1, 0.15) is 15.9 Å². The third-order valence-electron chi connectivity index (χ3n) is 2.52. The van der Waals surface area contributed by atoms with E-state index in [0.717, 1.165) is 10.0 Å². The molecule has 0 aliphatic rings. The molecule has 2 aromatic carbocycles. The fourth-order valence-corrected chi connectivity index (χ4v) is 2.22. The first kappa shape index (κ1) is 13.2. The number of hydrogen-bond acceptors (Lipinski definition) is 1. The summed E-state index contributed by atoms with van der Waals surface area (Å²) in [7, 11) is 0. The molecule has 18 heavy (non-hydrogen) atoms. The zero-order valence-corrected chi connectivity index (χ0v) is 12.2. The van der Waals surface area contributed by atoms with Crippen molar-refractivity contribution in [2.75, 3.05) is 0 Å². The van der Waals surface area contributed by atoms with Gasteiger partial charge in [-0.25, -0.2) is 0 Å². The van der Waals surface area contributed by atoms with Crippen LogP contribution in [0, 0.1) is 0 Å². The second kappa shape index (κ2) is 6.05. The molecule has 0 unspecified atom stereocenters. The van der Waals surface area contributed by atoms with Gasteiger partial charge in [-0.1, -0.05) is 0 Å². The minimum atomic E-state index is -0.0684. The predicted octanol–water partition coefficient (Wildman–Crippen LogP) is 1.80. The summed E-state index contributed by atoms with van der Waals surface area (Å²) in [5, 5.41) is 3.58. The summed E-state index contributed by atoms with van der Waals surface area (Å²) >= 11 is 8.20. The van der Waals surface area contributed by atoms with Crippen LogP contribution in [0.25, 0.3) is 0 Å². The Labute approximate surface area is 119 Å². The van der Waals surface area contributed by atoms with E-state index in [2.05, 4.69) is 21.3 Å². The van der Waals surface area contributed by atoms with Crippen molar-refractivity contribution >= 4 is 38.0 Å². The van der Waals surface area contributed by atoms with E-state index < -0.39 is 0 Å². The van der Waals surface area contributed by atoms with Gasteiger partial charge >= 0.3 is 119 Å². The summed E-state index contributed by atoms with van der Waals surface area (Å²) in [5.41, 5.74) is 1.71. The summed E-state index contributed by atoms with van der Waals surface area (Å²) in [6.07, 6.45) is 0. The van der Waals surface area contributed by atoms with E-state index in [1.165, 1.54) is 0 Å². The van der Waals surface area contributed by atoms with Crippen LogP contribution in [0.15, 0.2) is 48.5 Å². The maximum absolute atomic E-state index is 12.0. The van der Waals surface area contributed by atoms with E-state index in [-0.39, 0.29) is 5.91 Å². The molecule has 0 atom stereocenters. The molecule has 0 spiro atoms. The first-order chi connectivity index (χ1) is 8.66. The molecule has 0 heterocycles. The molecule has 0 aromatic heterocycles. The third kappa shape index (κ3) is 3.36. The molecule has 2 nitrogen and oxygen atoms in total. The molecule has 0 aliphatic heterocycles. The normalized spacial score (nSPS) is 10.1. The second-order valence-electron chi connectivity index (χ2n) is 3.83. The Balaban J connectivity index is 2.01. The number of hydrogen-bond donors (Lipinski definition) is 1. The molecule has 2 aromatic rings. The molecular weight excluding hydrogens is 313 g/mol. The number of carbonyl (C=O) groups is 1. The van der Waals surface area contributed by atoms with E-state index in [4.69, 9.17) is 11.6 Å². The van der Waals surface area contributed by atoms with Crippen molar-refractivity contribution < 1.29 is 4.79 Å². The maximum atomic E-state index is 12.0. The van der Waals surface area contributed by atoms with Crippen LogP contribution in [0.2, 0.25) is 5.02 Å². The SMILES string of the molecule is O=C(NCc1ccc(Cl)cc1)c1ccccc1[SeH]. The van der Waals surface area contributed by atoms with Gasteiger partial charge in [0.05, 0.1) is 0 Å². The van der Waals surface area contributed by atoms with Crippen molar-refractivity contribution in [2.45, 2.75) is 6.54 Å². The van der Waals surface area contributed by atoms with E-state index in [1.807, 2.05) is 48.5 Å². The van der Waals surface area contributed by atoms with Gasteiger partial charge in [0.1, 0.15) is 0 Å². The van der Waals surface area contributed by atoms with Gasteiger partial charge in [0.2, 0.25) is 0 Å². The Bertz CT molecular complexity index is 554. The van der Waals surface area contributed by atoms with Crippen LogP contribution in [0.4, 0.5) is 0 Å². The van der Waals surface area contributed by atoms with Gasteiger partial charge in [-0.05, 0) is 0 Å². The molecule has 2 rings (SSSR count). The number of halogens is 1. The molecule has 0 bridgehead atoms. The molecule has 0 radical (unpaired) electrons. The van der Waals surface area contributed by atoms with Crippen molar-refractivity contribution in [3.8, 4) is 0 Å². The Morgan fingerprint density at radius 2 is 1.78 bits per heavy atom. The van der Waals surface area contributed by atoms with Crippen molar-refractivity contribution in [1.82, 2.24) is 5.32 Å². The number of carbonyl (C=O) groups excluding carboxylic acids is 1. The van der Waals surface area contributed by atoms with Crippen molar-refractivity contribution in [1.29, 1.82) is 0 Å². The average Bonchev–Trinajstić information content (AvgIpc) is 2.38. The Kier molecular flexibility index (Phi) is 4.43. The van der Waals surface area contributed by atoms with Gasteiger partial charge in [0, 0.05) is 0 Å². The van der Waals surface area contributed by atoms with Gasteiger partial charge in [-0.3, -0.25) is 0 Å². The van der Waals surface area contributed by atoms with Crippen LogP contribution in [0.5, 0.6) is 0 Å². The monoisotopic (exact) mass is 325 g/mol. The number of amides is 1. The van der Waals surface area contributed by atoms with Crippen LogP contribution >= 0.6 is 11.6 Å². The quantitative estimate of drug-likeness (QED) is 0.857. The molecule has 1 amide bonds. The predicted molar refractivity (Wildman–Crippen MR) is 75.8 cm³/mol. The van der Waals surface area contributed by atoms with E-state index in [9.17, 15) is 4.79 Å². The molecule has 0 fully saturated rings. The second-order valence-corrected chi connectivity index (χ2v) is 5.27. The van der Waals surface area contributed by atoms with Gasteiger partial charge < -0.3 is 0 Å². The van der Waals surface area contributed by atoms with Gasteiger partial charge in [-0.15, -0.1) is 0 Å². The molecule has 4 heteroatoms. The topological polar surface area (TPSA) is 29.1 Å². The standard InChI is InChI=1S/C14H12ClNOSe/c15-11-7-5-10(6-8-11)9-16-14(17)12-3-1-2-4-13(12)18/h1-8,18H,9H2,(H,16,17). The van der Waals surface area contributed by atoms with Crippen molar-refractivity contribution in [3.63, 3.8) is 0 Å². The van der Waals surface area contributed by atoms with Crippen LogP contribution in [-0.4, -0.2) is 21.9 Å². The molecule has 1 N–H and O–H groups in total. The van der Waals surface area contributed by atoms with E-state index >= 15 is 0 Å². The van der Waals surface area contributed by atoms with Gasteiger partial charge in [0.25, 0.3) is 0 Å². The van der Waals surface area contributed by atoms with Crippen LogP contribution in [0.3, 0.4) is 0 Å². The van der Waals surface area contributed by atoms with E-state index in [1.54, 1.807) is 0 Å². The average molecular weight is 325 g/mol. The summed E-state index contributed by atoms with van der Waals surface area (Å²) in [5.74, 6) is -0.0684. The van der Waals surface area contributed by atoms with Gasteiger partial charge in [0.15, 0.2) is 0 Å². The Hall–Kier alpha value is -1.28. The number of benzene rings is 2. The molecular formula is C14H12ClNOSe.